The summed E-state index contributed by atoms with van der Waals surface area (Å²) < 4.78 is 13.6. The molecule has 0 atom stereocenters. The standard InChI is InChI=1S/C7H8O5/c1-5(8)10-3-2-6-4-11-7(9)12-6/h2H,3-4H2,1H3/b6-2-. The maximum Gasteiger partial charge on any atom is 0.514 e. The fourth-order valence-electron chi connectivity index (χ4n) is 0.649. The van der Waals surface area contributed by atoms with E-state index in [0.717, 1.165) is 0 Å². The lowest BCUT2D eigenvalue weighted by atomic mass is 10.5. The first-order valence-corrected chi connectivity index (χ1v) is 3.35. The van der Waals surface area contributed by atoms with Gasteiger partial charge in [-0.25, -0.2) is 4.79 Å². The lowest BCUT2D eigenvalue weighted by Gasteiger charge is -1.95. The van der Waals surface area contributed by atoms with Crippen molar-refractivity contribution >= 4 is 12.1 Å². The second-order valence-corrected chi connectivity index (χ2v) is 2.11. The van der Waals surface area contributed by atoms with Gasteiger partial charge in [0.2, 0.25) is 0 Å². The molecule has 1 aliphatic rings. The fourth-order valence-corrected chi connectivity index (χ4v) is 0.649. The summed E-state index contributed by atoms with van der Waals surface area (Å²) in [4.78, 5) is 20.6. The molecular formula is C7H8O5. The zero-order valence-corrected chi connectivity index (χ0v) is 6.53. The summed E-state index contributed by atoms with van der Waals surface area (Å²) in [7, 11) is 0. The van der Waals surface area contributed by atoms with E-state index in [-0.39, 0.29) is 19.2 Å². The van der Waals surface area contributed by atoms with Crippen LogP contribution in [0.5, 0.6) is 0 Å². The summed E-state index contributed by atoms with van der Waals surface area (Å²) in [5.74, 6) is -0.00154. The van der Waals surface area contributed by atoms with Crippen LogP contribution >= 0.6 is 0 Å². The van der Waals surface area contributed by atoms with Crippen molar-refractivity contribution in [2.24, 2.45) is 0 Å². The molecule has 0 aromatic carbocycles. The number of hydrogen-bond acceptors (Lipinski definition) is 5. The first-order chi connectivity index (χ1) is 5.68. The molecule has 0 aliphatic carbocycles. The van der Waals surface area contributed by atoms with Crippen LogP contribution in [0.1, 0.15) is 6.92 Å². The van der Waals surface area contributed by atoms with Gasteiger partial charge in [-0.2, -0.15) is 0 Å². The maximum absolute atomic E-state index is 10.4. The van der Waals surface area contributed by atoms with Crippen LogP contribution in [0.4, 0.5) is 4.79 Å². The SMILES string of the molecule is CC(=O)OC/C=C1/COC(=O)O1. The van der Waals surface area contributed by atoms with Crippen molar-refractivity contribution in [3.05, 3.63) is 11.8 Å². The van der Waals surface area contributed by atoms with Gasteiger partial charge in [0.25, 0.3) is 0 Å². The first kappa shape index (κ1) is 8.58. The lowest BCUT2D eigenvalue weighted by Crippen LogP contribution is -1.99. The number of rotatable bonds is 2. The first-order valence-electron chi connectivity index (χ1n) is 3.35. The molecule has 0 bridgehead atoms. The van der Waals surface area contributed by atoms with E-state index in [0.29, 0.717) is 5.76 Å². The van der Waals surface area contributed by atoms with Crippen molar-refractivity contribution in [3.63, 3.8) is 0 Å². The minimum Gasteiger partial charge on any atom is -0.461 e. The van der Waals surface area contributed by atoms with E-state index in [2.05, 4.69) is 14.2 Å². The molecule has 0 unspecified atom stereocenters. The predicted octanol–water partition coefficient (Wildman–Crippen LogP) is 0.600. The van der Waals surface area contributed by atoms with Gasteiger partial charge in [-0.1, -0.05) is 0 Å². The third-order valence-corrected chi connectivity index (χ3v) is 1.14. The topological polar surface area (TPSA) is 61.8 Å². The Morgan fingerprint density at radius 1 is 1.75 bits per heavy atom. The van der Waals surface area contributed by atoms with Gasteiger partial charge in [-0.15, -0.1) is 0 Å². The highest BCUT2D eigenvalue weighted by molar-refractivity contribution is 5.66. The molecule has 0 N–H and O–H groups in total. The summed E-state index contributed by atoms with van der Waals surface area (Å²) in [5.41, 5.74) is 0. The van der Waals surface area contributed by atoms with Crippen LogP contribution in [0.2, 0.25) is 0 Å². The Morgan fingerprint density at radius 2 is 2.50 bits per heavy atom. The highest BCUT2D eigenvalue weighted by Crippen LogP contribution is 2.08. The highest BCUT2D eigenvalue weighted by Gasteiger charge is 2.17. The third kappa shape index (κ3) is 2.61. The molecule has 1 rings (SSSR count). The smallest absolute Gasteiger partial charge is 0.461 e. The molecule has 0 amide bonds. The molecule has 0 saturated carbocycles. The van der Waals surface area contributed by atoms with Crippen molar-refractivity contribution in [1.29, 1.82) is 0 Å². The number of esters is 1. The number of carbonyl (C=O) groups is 2. The number of cyclic esters (lactones) is 2. The van der Waals surface area contributed by atoms with Crippen LogP contribution in [0.3, 0.4) is 0 Å². The molecule has 1 fully saturated rings. The Kier molecular flexibility index (Phi) is 2.68. The normalized spacial score (nSPS) is 18.8. The highest BCUT2D eigenvalue weighted by atomic mass is 16.8. The van der Waals surface area contributed by atoms with E-state index in [4.69, 9.17) is 0 Å². The quantitative estimate of drug-likeness (QED) is 0.571. The molecule has 5 nitrogen and oxygen atoms in total. The van der Waals surface area contributed by atoms with E-state index in [1.165, 1.54) is 13.0 Å². The summed E-state index contributed by atoms with van der Waals surface area (Å²) in [6, 6.07) is 0. The summed E-state index contributed by atoms with van der Waals surface area (Å²) in [6.07, 6.45) is 0.760. The zero-order valence-electron chi connectivity index (χ0n) is 6.53. The summed E-state index contributed by atoms with van der Waals surface area (Å²) in [6.45, 7) is 1.51. The number of hydrogen-bond donors (Lipinski definition) is 0. The van der Waals surface area contributed by atoms with Crippen molar-refractivity contribution < 1.29 is 23.8 Å². The third-order valence-electron chi connectivity index (χ3n) is 1.14. The number of carbonyl (C=O) groups excluding carboxylic acids is 2. The van der Waals surface area contributed by atoms with Gasteiger partial charge < -0.3 is 14.2 Å². The van der Waals surface area contributed by atoms with Gasteiger partial charge in [0.05, 0.1) is 0 Å². The van der Waals surface area contributed by atoms with Crippen LogP contribution in [-0.4, -0.2) is 25.3 Å². The summed E-state index contributed by atoms with van der Waals surface area (Å²) >= 11 is 0. The Balaban J connectivity index is 2.28. The molecular weight excluding hydrogens is 164 g/mol. The van der Waals surface area contributed by atoms with E-state index >= 15 is 0 Å². The molecule has 0 radical (unpaired) electrons. The van der Waals surface area contributed by atoms with Crippen LogP contribution < -0.4 is 0 Å². The van der Waals surface area contributed by atoms with Gasteiger partial charge in [-0.05, 0) is 6.08 Å². The Bertz CT molecular complexity index is 230. The molecule has 1 aliphatic heterocycles. The van der Waals surface area contributed by atoms with E-state index in [1.807, 2.05) is 0 Å². The summed E-state index contributed by atoms with van der Waals surface area (Å²) in [5, 5.41) is 0. The van der Waals surface area contributed by atoms with Crippen molar-refractivity contribution in [2.45, 2.75) is 6.92 Å². The van der Waals surface area contributed by atoms with Gasteiger partial charge in [0, 0.05) is 6.92 Å². The predicted molar refractivity (Wildman–Crippen MR) is 37.1 cm³/mol. The second-order valence-electron chi connectivity index (χ2n) is 2.11. The Hall–Kier alpha value is -1.52. The molecule has 0 aromatic rings. The molecule has 1 heterocycles. The number of ether oxygens (including phenoxy) is 3. The monoisotopic (exact) mass is 172 g/mol. The van der Waals surface area contributed by atoms with Crippen molar-refractivity contribution in [1.82, 2.24) is 0 Å². The molecule has 1 saturated heterocycles. The minimum atomic E-state index is -0.718. The second kappa shape index (κ2) is 3.75. The molecule has 0 aromatic heterocycles. The maximum atomic E-state index is 10.4. The van der Waals surface area contributed by atoms with Crippen LogP contribution in [0.15, 0.2) is 11.8 Å². The van der Waals surface area contributed by atoms with Crippen LogP contribution in [0.25, 0.3) is 0 Å². The lowest BCUT2D eigenvalue weighted by molar-refractivity contribution is -0.139. The van der Waals surface area contributed by atoms with E-state index < -0.39 is 6.16 Å². The van der Waals surface area contributed by atoms with Gasteiger partial charge in [0.15, 0.2) is 6.61 Å². The van der Waals surface area contributed by atoms with Crippen molar-refractivity contribution in [2.75, 3.05) is 13.2 Å². The largest absolute Gasteiger partial charge is 0.514 e. The van der Waals surface area contributed by atoms with Crippen LogP contribution in [0, 0.1) is 0 Å². The Labute approximate surface area is 68.9 Å². The fraction of sp³-hybridized carbons (Fsp3) is 0.429. The molecule has 5 heteroatoms. The molecule has 12 heavy (non-hydrogen) atoms. The van der Waals surface area contributed by atoms with Crippen molar-refractivity contribution in [3.8, 4) is 0 Å². The average Bonchev–Trinajstić information content (AvgIpc) is 2.35. The zero-order chi connectivity index (χ0) is 8.97. The average molecular weight is 172 g/mol. The van der Waals surface area contributed by atoms with Gasteiger partial charge in [0.1, 0.15) is 12.4 Å². The van der Waals surface area contributed by atoms with E-state index in [9.17, 15) is 9.59 Å². The van der Waals surface area contributed by atoms with Gasteiger partial charge in [-0.3, -0.25) is 4.79 Å². The Morgan fingerprint density at radius 3 is 3.00 bits per heavy atom. The van der Waals surface area contributed by atoms with Crippen LogP contribution in [-0.2, 0) is 19.0 Å². The van der Waals surface area contributed by atoms with E-state index in [1.54, 1.807) is 0 Å². The minimum absolute atomic E-state index is 0.0985. The molecule has 0 spiro atoms. The molecule has 66 valence electrons. The van der Waals surface area contributed by atoms with Gasteiger partial charge >= 0.3 is 12.1 Å².